The van der Waals surface area contributed by atoms with Gasteiger partial charge in [-0.3, -0.25) is 0 Å². The molecule has 0 aliphatic rings. The zero-order chi connectivity index (χ0) is 12.4. The normalized spacial score (nSPS) is 10.3. The molecule has 0 saturated carbocycles. The van der Waals surface area contributed by atoms with E-state index in [1.165, 1.54) is 25.3 Å². The molecule has 88 valence electrons. The molecule has 4 nitrogen and oxygen atoms in total. The van der Waals surface area contributed by atoms with Crippen molar-refractivity contribution >= 4 is 5.97 Å². The lowest BCUT2D eigenvalue weighted by Crippen LogP contribution is -2.03. The molecule has 0 atom stereocenters. The number of hydrogen-bond acceptors (Lipinski definition) is 4. The largest absolute Gasteiger partial charge is 0.465 e. The van der Waals surface area contributed by atoms with Crippen LogP contribution in [0.1, 0.15) is 16.1 Å². The quantitative estimate of drug-likeness (QED) is 0.750. The van der Waals surface area contributed by atoms with Crippen LogP contribution in [0.4, 0.5) is 4.39 Å². The second-order valence-corrected chi connectivity index (χ2v) is 3.47. The fraction of sp³-hybridized carbons (Fsp3) is 0.167. The van der Waals surface area contributed by atoms with E-state index in [9.17, 15) is 9.18 Å². The van der Waals surface area contributed by atoms with Crippen molar-refractivity contribution in [3.05, 3.63) is 41.3 Å². The third-order valence-corrected chi connectivity index (χ3v) is 2.34. The molecule has 5 heteroatoms. The molecule has 0 aliphatic carbocycles. The van der Waals surface area contributed by atoms with Crippen molar-refractivity contribution in [3.63, 3.8) is 0 Å². The highest BCUT2D eigenvalue weighted by molar-refractivity contribution is 5.96. The van der Waals surface area contributed by atoms with Gasteiger partial charge in [0.1, 0.15) is 11.4 Å². The Kier molecular flexibility index (Phi) is 2.91. The van der Waals surface area contributed by atoms with Crippen LogP contribution in [-0.2, 0) is 4.74 Å². The Labute approximate surface area is 97.0 Å². The van der Waals surface area contributed by atoms with Gasteiger partial charge >= 0.3 is 5.97 Å². The molecule has 1 aromatic carbocycles. The number of aromatic nitrogens is 1. The molecule has 0 spiro atoms. The average molecular weight is 235 g/mol. The van der Waals surface area contributed by atoms with E-state index >= 15 is 0 Å². The van der Waals surface area contributed by atoms with Crippen LogP contribution in [0, 0.1) is 12.7 Å². The second-order valence-electron chi connectivity index (χ2n) is 3.47. The highest BCUT2D eigenvalue weighted by Crippen LogP contribution is 2.27. The summed E-state index contributed by atoms with van der Waals surface area (Å²) >= 11 is 0. The fourth-order valence-electron chi connectivity index (χ4n) is 1.54. The van der Waals surface area contributed by atoms with Crippen molar-refractivity contribution in [2.24, 2.45) is 0 Å². The van der Waals surface area contributed by atoms with Crippen LogP contribution in [0.15, 0.2) is 28.8 Å². The van der Waals surface area contributed by atoms with E-state index in [0.717, 1.165) is 0 Å². The van der Waals surface area contributed by atoms with Gasteiger partial charge in [0.05, 0.1) is 12.8 Å². The molecular formula is C12H10FNO3. The Morgan fingerprint density at radius 2 is 2.24 bits per heavy atom. The van der Waals surface area contributed by atoms with Crippen molar-refractivity contribution in [3.8, 4) is 11.3 Å². The molecule has 0 amide bonds. The topological polar surface area (TPSA) is 52.3 Å². The van der Waals surface area contributed by atoms with Gasteiger partial charge in [0.2, 0.25) is 0 Å². The average Bonchev–Trinajstić information content (AvgIpc) is 2.70. The first-order valence-corrected chi connectivity index (χ1v) is 4.94. The standard InChI is InChI=1S/C12H10FNO3/c1-7-10(12(15)16-2)11(17-14-7)8-4-3-5-9(13)6-8/h3-6H,1-2H3. The maximum absolute atomic E-state index is 13.1. The molecule has 0 unspecified atom stereocenters. The zero-order valence-electron chi connectivity index (χ0n) is 9.36. The minimum atomic E-state index is -0.553. The monoisotopic (exact) mass is 235 g/mol. The summed E-state index contributed by atoms with van der Waals surface area (Å²) in [6.45, 7) is 1.62. The lowest BCUT2D eigenvalue weighted by atomic mass is 10.1. The zero-order valence-corrected chi connectivity index (χ0v) is 9.36. The van der Waals surface area contributed by atoms with E-state index in [0.29, 0.717) is 11.3 Å². The fourth-order valence-corrected chi connectivity index (χ4v) is 1.54. The number of esters is 1. The van der Waals surface area contributed by atoms with Crippen molar-refractivity contribution in [1.29, 1.82) is 0 Å². The predicted molar refractivity (Wildman–Crippen MR) is 58.0 cm³/mol. The smallest absolute Gasteiger partial charge is 0.343 e. The minimum Gasteiger partial charge on any atom is -0.465 e. The van der Waals surface area contributed by atoms with Gasteiger partial charge in [-0.05, 0) is 19.1 Å². The molecule has 0 aliphatic heterocycles. The lowest BCUT2D eigenvalue weighted by molar-refractivity contribution is 0.0600. The van der Waals surface area contributed by atoms with Gasteiger partial charge in [0.25, 0.3) is 0 Å². The minimum absolute atomic E-state index is 0.217. The van der Waals surface area contributed by atoms with Gasteiger partial charge in [-0.2, -0.15) is 0 Å². The SMILES string of the molecule is COC(=O)c1c(C)noc1-c1cccc(F)c1. The molecule has 0 bridgehead atoms. The Morgan fingerprint density at radius 3 is 2.88 bits per heavy atom. The Hall–Kier alpha value is -2.17. The molecule has 2 rings (SSSR count). The summed E-state index contributed by atoms with van der Waals surface area (Å²) in [5.74, 6) is -0.746. The summed E-state index contributed by atoms with van der Waals surface area (Å²) in [6.07, 6.45) is 0. The molecule has 2 aromatic rings. The lowest BCUT2D eigenvalue weighted by Gasteiger charge is -2.00. The van der Waals surface area contributed by atoms with Crippen molar-refractivity contribution in [2.45, 2.75) is 6.92 Å². The number of rotatable bonds is 2. The maximum atomic E-state index is 13.1. The van der Waals surface area contributed by atoms with Gasteiger partial charge < -0.3 is 9.26 Å². The summed E-state index contributed by atoms with van der Waals surface area (Å²) in [7, 11) is 1.27. The third kappa shape index (κ3) is 2.04. The van der Waals surface area contributed by atoms with Gasteiger partial charge in [-0.15, -0.1) is 0 Å². The molecule has 0 saturated heterocycles. The third-order valence-electron chi connectivity index (χ3n) is 2.34. The first-order valence-electron chi connectivity index (χ1n) is 4.94. The van der Waals surface area contributed by atoms with E-state index in [2.05, 4.69) is 9.89 Å². The first-order chi connectivity index (χ1) is 8.13. The van der Waals surface area contributed by atoms with E-state index in [1.807, 2.05) is 0 Å². The molecule has 0 radical (unpaired) electrons. The van der Waals surface area contributed by atoms with Crippen molar-refractivity contribution in [1.82, 2.24) is 5.16 Å². The predicted octanol–water partition coefficient (Wildman–Crippen LogP) is 2.58. The molecule has 0 N–H and O–H groups in total. The molecule has 1 heterocycles. The van der Waals surface area contributed by atoms with Gasteiger partial charge in [-0.25, -0.2) is 9.18 Å². The van der Waals surface area contributed by atoms with E-state index in [-0.39, 0.29) is 11.3 Å². The van der Waals surface area contributed by atoms with Crippen LogP contribution in [0.3, 0.4) is 0 Å². The van der Waals surface area contributed by atoms with Gasteiger partial charge in [0, 0.05) is 5.56 Å². The first kappa shape index (κ1) is 11.3. The number of carbonyl (C=O) groups excluding carboxylic acids is 1. The van der Waals surface area contributed by atoms with E-state index < -0.39 is 11.8 Å². The Balaban J connectivity index is 2.57. The molecule has 0 fully saturated rings. The maximum Gasteiger partial charge on any atom is 0.343 e. The van der Waals surface area contributed by atoms with Gasteiger partial charge in [0.15, 0.2) is 5.76 Å². The van der Waals surface area contributed by atoms with E-state index in [1.54, 1.807) is 13.0 Å². The number of methoxy groups -OCH3 is 1. The van der Waals surface area contributed by atoms with Crippen molar-refractivity contribution < 1.29 is 18.4 Å². The van der Waals surface area contributed by atoms with Crippen LogP contribution in [0.25, 0.3) is 11.3 Å². The van der Waals surface area contributed by atoms with Crippen LogP contribution < -0.4 is 0 Å². The van der Waals surface area contributed by atoms with Crippen LogP contribution >= 0.6 is 0 Å². The number of ether oxygens (including phenoxy) is 1. The van der Waals surface area contributed by atoms with Crippen LogP contribution in [-0.4, -0.2) is 18.2 Å². The summed E-state index contributed by atoms with van der Waals surface area (Å²) in [5.41, 5.74) is 1.08. The summed E-state index contributed by atoms with van der Waals surface area (Å²) < 4.78 is 22.8. The summed E-state index contributed by atoms with van der Waals surface area (Å²) in [5, 5.41) is 3.69. The Morgan fingerprint density at radius 1 is 1.47 bits per heavy atom. The second kappa shape index (κ2) is 4.37. The number of halogens is 1. The van der Waals surface area contributed by atoms with E-state index in [4.69, 9.17) is 4.52 Å². The number of carbonyl (C=O) groups is 1. The number of nitrogens with zero attached hydrogens (tertiary/aromatic N) is 1. The molecule has 1 aromatic heterocycles. The Bertz CT molecular complexity index is 563. The summed E-state index contributed by atoms with van der Waals surface area (Å²) in [4.78, 5) is 11.6. The molecule has 17 heavy (non-hydrogen) atoms. The number of hydrogen-bond donors (Lipinski definition) is 0. The number of benzene rings is 1. The van der Waals surface area contributed by atoms with Crippen LogP contribution in [0.5, 0.6) is 0 Å². The highest BCUT2D eigenvalue weighted by Gasteiger charge is 2.22. The molecular weight excluding hydrogens is 225 g/mol. The number of aryl methyl sites for hydroxylation is 1. The highest BCUT2D eigenvalue weighted by atomic mass is 19.1. The van der Waals surface area contributed by atoms with Crippen molar-refractivity contribution in [2.75, 3.05) is 7.11 Å². The summed E-state index contributed by atoms with van der Waals surface area (Å²) in [6, 6.07) is 5.75. The van der Waals surface area contributed by atoms with Gasteiger partial charge in [-0.1, -0.05) is 17.3 Å². The van der Waals surface area contributed by atoms with Crippen LogP contribution in [0.2, 0.25) is 0 Å².